The maximum Gasteiger partial charge on any atom is 0.146 e. The molecule has 0 bridgehead atoms. The van der Waals surface area contributed by atoms with Crippen LogP contribution >= 0.6 is 11.3 Å². The van der Waals surface area contributed by atoms with Crippen LogP contribution in [0.5, 0.6) is 0 Å². The Hall–Kier alpha value is -1.24. The van der Waals surface area contributed by atoms with E-state index in [-0.39, 0.29) is 6.10 Å². The number of aryl methyl sites for hydroxylation is 1. The SMILES string of the molecule is CC1CCc2c(sc3nc(CN4CCC(O)C4)nc(N)c23)C1. The molecule has 6 heteroatoms. The number of hydrogen-bond acceptors (Lipinski definition) is 6. The first-order valence-electron chi connectivity index (χ1n) is 8.07. The summed E-state index contributed by atoms with van der Waals surface area (Å²) in [7, 11) is 0. The van der Waals surface area contributed by atoms with E-state index in [0.29, 0.717) is 18.9 Å². The highest BCUT2D eigenvalue weighted by Gasteiger charge is 2.25. The van der Waals surface area contributed by atoms with E-state index in [1.807, 2.05) is 0 Å². The van der Waals surface area contributed by atoms with Gasteiger partial charge in [0.25, 0.3) is 0 Å². The van der Waals surface area contributed by atoms with E-state index in [2.05, 4.69) is 16.8 Å². The summed E-state index contributed by atoms with van der Waals surface area (Å²) in [6, 6.07) is 0. The van der Waals surface area contributed by atoms with Gasteiger partial charge in [0.1, 0.15) is 16.5 Å². The highest BCUT2D eigenvalue weighted by molar-refractivity contribution is 7.19. The number of anilines is 1. The van der Waals surface area contributed by atoms with Gasteiger partial charge < -0.3 is 10.8 Å². The van der Waals surface area contributed by atoms with Gasteiger partial charge in [-0.3, -0.25) is 4.90 Å². The molecule has 1 fully saturated rings. The van der Waals surface area contributed by atoms with Crippen molar-refractivity contribution in [1.29, 1.82) is 0 Å². The fourth-order valence-corrected chi connectivity index (χ4v) is 5.05. The molecule has 0 radical (unpaired) electrons. The molecular formula is C16H22N4OS. The zero-order valence-corrected chi connectivity index (χ0v) is 13.7. The fraction of sp³-hybridized carbons (Fsp3) is 0.625. The van der Waals surface area contributed by atoms with Gasteiger partial charge in [0.2, 0.25) is 0 Å². The van der Waals surface area contributed by atoms with Crippen molar-refractivity contribution in [3.05, 3.63) is 16.3 Å². The number of nitrogens with two attached hydrogens (primary N) is 1. The molecule has 1 aliphatic carbocycles. The van der Waals surface area contributed by atoms with Gasteiger partial charge in [0, 0.05) is 18.0 Å². The standard InChI is InChI=1S/C16H22N4OS/c1-9-2-3-11-12(6-9)22-16-14(11)15(17)18-13(19-16)8-20-5-4-10(21)7-20/h9-10,21H,2-8H2,1H3,(H2,17,18,19). The Morgan fingerprint density at radius 2 is 2.23 bits per heavy atom. The van der Waals surface area contributed by atoms with Crippen molar-refractivity contribution in [3.63, 3.8) is 0 Å². The summed E-state index contributed by atoms with van der Waals surface area (Å²) in [5, 5.41) is 10.7. The average molecular weight is 318 g/mol. The van der Waals surface area contributed by atoms with Crippen molar-refractivity contribution in [3.8, 4) is 0 Å². The van der Waals surface area contributed by atoms with Gasteiger partial charge in [-0.15, -0.1) is 11.3 Å². The molecule has 2 atom stereocenters. The number of aliphatic hydroxyl groups excluding tert-OH is 1. The summed E-state index contributed by atoms with van der Waals surface area (Å²) in [5.41, 5.74) is 7.64. The lowest BCUT2D eigenvalue weighted by Gasteiger charge is -2.18. The van der Waals surface area contributed by atoms with E-state index in [0.717, 1.165) is 47.8 Å². The van der Waals surface area contributed by atoms with Crippen molar-refractivity contribution < 1.29 is 5.11 Å². The van der Waals surface area contributed by atoms with E-state index >= 15 is 0 Å². The van der Waals surface area contributed by atoms with E-state index in [4.69, 9.17) is 10.7 Å². The molecule has 5 nitrogen and oxygen atoms in total. The number of hydrogen-bond donors (Lipinski definition) is 2. The van der Waals surface area contributed by atoms with Crippen molar-refractivity contribution in [2.24, 2.45) is 5.92 Å². The normalized spacial score (nSPS) is 25.7. The third-order valence-electron chi connectivity index (χ3n) is 4.84. The summed E-state index contributed by atoms with van der Waals surface area (Å²) in [6.07, 6.45) is 4.09. The van der Waals surface area contributed by atoms with Crippen LogP contribution in [-0.2, 0) is 19.4 Å². The number of likely N-dealkylation sites (tertiary alicyclic amines) is 1. The van der Waals surface area contributed by atoms with Gasteiger partial charge in [-0.25, -0.2) is 9.97 Å². The second-order valence-corrected chi connectivity index (χ2v) is 7.82. The second kappa shape index (κ2) is 5.44. The van der Waals surface area contributed by atoms with Crippen molar-refractivity contribution in [2.45, 2.75) is 45.3 Å². The topological polar surface area (TPSA) is 75.3 Å². The number of aliphatic hydroxyl groups is 1. The monoisotopic (exact) mass is 318 g/mol. The molecule has 2 aromatic rings. The highest BCUT2D eigenvalue weighted by Crippen LogP contribution is 2.39. The molecule has 2 aromatic heterocycles. The molecule has 0 aromatic carbocycles. The van der Waals surface area contributed by atoms with Gasteiger partial charge in [-0.1, -0.05) is 6.92 Å². The number of rotatable bonds is 2. The van der Waals surface area contributed by atoms with Crippen LogP contribution in [0.1, 0.15) is 36.0 Å². The molecule has 0 saturated carbocycles. The number of thiophene rings is 1. The zero-order valence-electron chi connectivity index (χ0n) is 12.9. The van der Waals surface area contributed by atoms with Crippen LogP contribution in [0, 0.1) is 5.92 Å². The lowest BCUT2D eigenvalue weighted by Crippen LogP contribution is -2.23. The molecule has 1 saturated heterocycles. The summed E-state index contributed by atoms with van der Waals surface area (Å²) >= 11 is 1.79. The first-order valence-corrected chi connectivity index (χ1v) is 8.89. The molecule has 4 rings (SSSR count). The Morgan fingerprint density at radius 1 is 1.36 bits per heavy atom. The Morgan fingerprint density at radius 3 is 3.00 bits per heavy atom. The average Bonchev–Trinajstić information content (AvgIpc) is 3.01. The maximum atomic E-state index is 9.63. The lowest BCUT2D eigenvalue weighted by atomic mass is 9.89. The summed E-state index contributed by atoms with van der Waals surface area (Å²) in [4.78, 5) is 14.0. The molecule has 2 unspecified atom stereocenters. The van der Waals surface area contributed by atoms with E-state index in [1.54, 1.807) is 11.3 Å². The lowest BCUT2D eigenvalue weighted by molar-refractivity contribution is 0.174. The van der Waals surface area contributed by atoms with E-state index in [1.165, 1.54) is 16.9 Å². The quantitative estimate of drug-likeness (QED) is 0.885. The Bertz CT molecular complexity index is 714. The molecule has 3 heterocycles. The molecule has 118 valence electrons. The first kappa shape index (κ1) is 14.4. The number of nitrogen functional groups attached to an aromatic ring is 1. The van der Waals surface area contributed by atoms with Crippen LogP contribution in [-0.4, -0.2) is 39.2 Å². The number of aromatic nitrogens is 2. The fourth-order valence-electron chi connectivity index (χ4n) is 3.64. The highest BCUT2D eigenvalue weighted by atomic mass is 32.1. The van der Waals surface area contributed by atoms with Crippen LogP contribution in [0.4, 0.5) is 5.82 Å². The van der Waals surface area contributed by atoms with Crippen molar-refractivity contribution in [1.82, 2.24) is 14.9 Å². The van der Waals surface area contributed by atoms with E-state index in [9.17, 15) is 5.11 Å². The largest absolute Gasteiger partial charge is 0.392 e. The third-order valence-corrected chi connectivity index (χ3v) is 5.99. The minimum absolute atomic E-state index is 0.211. The zero-order chi connectivity index (χ0) is 15.3. The Labute approximate surface area is 134 Å². The molecule has 22 heavy (non-hydrogen) atoms. The Kier molecular flexibility index (Phi) is 3.55. The molecule has 2 aliphatic rings. The van der Waals surface area contributed by atoms with Crippen LogP contribution in [0.15, 0.2) is 0 Å². The first-order chi connectivity index (χ1) is 10.6. The number of nitrogens with zero attached hydrogens (tertiary/aromatic N) is 3. The van der Waals surface area contributed by atoms with Gasteiger partial charge in [-0.05, 0) is 37.2 Å². The van der Waals surface area contributed by atoms with Crippen molar-refractivity contribution >= 4 is 27.4 Å². The summed E-state index contributed by atoms with van der Waals surface area (Å²) < 4.78 is 0. The maximum absolute atomic E-state index is 9.63. The second-order valence-electron chi connectivity index (χ2n) is 6.73. The molecule has 1 aliphatic heterocycles. The van der Waals surface area contributed by atoms with Crippen LogP contribution in [0.2, 0.25) is 0 Å². The number of fused-ring (bicyclic) bond motifs is 3. The molecular weight excluding hydrogens is 296 g/mol. The molecule has 3 N–H and O–H groups in total. The predicted octanol–water partition coefficient (Wildman–Crippen LogP) is 1.96. The van der Waals surface area contributed by atoms with Gasteiger partial charge in [0.05, 0.1) is 18.0 Å². The Balaban J connectivity index is 1.68. The summed E-state index contributed by atoms with van der Waals surface area (Å²) in [5.74, 6) is 2.16. The summed E-state index contributed by atoms with van der Waals surface area (Å²) in [6.45, 7) is 4.60. The molecule has 0 spiro atoms. The van der Waals surface area contributed by atoms with Crippen LogP contribution in [0.3, 0.4) is 0 Å². The van der Waals surface area contributed by atoms with Gasteiger partial charge in [-0.2, -0.15) is 0 Å². The van der Waals surface area contributed by atoms with Crippen molar-refractivity contribution in [2.75, 3.05) is 18.8 Å². The predicted molar refractivity (Wildman–Crippen MR) is 88.9 cm³/mol. The minimum atomic E-state index is -0.211. The van der Waals surface area contributed by atoms with Gasteiger partial charge >= 0.3 is 0 Å². The minimum Gasteiger partial charge on any atom is -0.392 e. The number of β-amino-alcohol motifs (C(OH)–C–C–N with tert-alkyl or cyclic N) is 1. The third kappa shape index (κ3) is 2.49. The molecule has 0 amide bonds. The van der Waals surface area contributed by atoms with Crippen LogP contribution < -0.4 is 5.73 Å². The van der Waals surface area contributed by atoms with Gasteiger partial charge in [0.15, 0.2) is 0 Å². The smallest absolute Gasteiger partial charge is 0.146 e. The van der Waals surface area contributed by atoms with Crippen LogP contribution in [0.25, 0.3) is 10.2 Å². The van der Waals surface area contributed by atoms with E-state index < -0.39 is 0 Å².